The molecule has 0 amide bonds. The van der Waals surface area contributed by atoms with Crippen molar-refractivity contribution in [2.75, 3.05) is 7.11 Å². The number of esters is 1. The van der Waals surface area contributed by atoms with Crippen LogP contribution in [-0.4, -0.2) is 41.2 Å². The molecule has 2 rings (SSSR count). The number of carbonyl (C=O) groups is 1. The Morgan fingerprint density at radius 2 is 1.81 bits per heavy atom. The molecule has 6 nitrogen and oxygen atoms in total. The number of aromatic nitrogens is 2. The first-order chi connectivity index (χ1) is 11.7. The summed E-state index contributed by atoms with van der Waals surface area (Å²) >= 11 is 6.10. The Labute approximate surface area is 155 Å². The summed E-state index contributed by atoms with van der Waals surface area (Å²) in [5.74, 6) is -1.85. The molecular formula is C15H21BClF3N2O4. The van der Waals surface area contributed by atoms with Gasteiger partial charge in [0.05, 0.1) is 24.7 Å². The Morgan fingerprint density at radius 1 is 1.31 bits per heavy atom. The van der Waals surface area contributed by atoms with E-state index < -0.39 is 48.4 Å². The zero-order chi connectivity index (χ0) is 20.1. The van der Waals surface area contributed by atoms with Gasteiger partial charge in [0.2, 0.25) is 0 Å². The number of hydrogen-bond donors (Lipinski definition) is 0. The first-order valence-corrected chi connectivity index (χ1v) is 8.31. The quantitative estimate of drug-likeness (QED) is 0.577. The summed E-state index contributed by atoms with van der Waals surface area (Å²) < 4.78 is 57.7. The third-order valence-electron chi connectivity index (χ3n) is 4.87. The molecule has 0 bridgehead atoms. The lowest BCUT2D eigenvalue weighted by Gasteiger charge is -2.32. The predicted molar refractivity (Wildman–Crippen MR) is 88.7 cm³/mol. The van der Waals surface area contributed by atoms with Crippen LogP contribution in [0.5, 0.6) is 0 Å². The van der Waals surface area contributed by atoms with E-state index >= 15 is 0 Å². The van der Waals surface area contributed by atoms with E-state index in [2.05, 4.69) is 9.84 Å². The van der Waals surface area contributed by atoms with Crippen LogP contribution >= 0.6 is 11.6 Å². The average molecular weight is 397 g/mol. The van der Waals surface area contributed by atoms with E-state index in [4.69, 9.17) is 20.9 Å². The molecule has 146 valence electrons. The number of nitrogens with zero attached hydrogens (tertiary/aromatic N) is 2. The molecule has 1 aromatic rings. The molecule has 0 saturated carbocycles. The lowest BCUT2D eigenvalue weighted by Crippen LogP contribution is -2.41. The maximum Gasteiger partial charge on any atom is 0.466 e. The van der Waals surface area contributed by atoms with Crippen LogP contribution in [0.15, 0.2) is 0 Å². The molecule has 0 spiro atoms. The third-order valence-corrected chi connectivity index (χ3v) is 5.31. The molecule has 26 heavy (non-hydrogen) atoms. The number of halogens is 4. The van der Waals surface area contributed by atoms with Gasteiger partial charge >= 0.3 is 19.3 Å². The lowest BCUT2D eigenvalue weighted by atomic mass is 9.66. The van der Waals surface area contributed by atoms with Crippen molar-refractivity contribution in [2.45, 2.75) is 57.3 Å². The second-order valence-corrected chi connectivity index (χ2v) is 7.54. The van der Waals surface area contributed by atoms with Crippen LogP contribution in [0.2, 0.25) is 5.15 Å². The summed E-state index contributed by atoms with van der Waals surface area (Å²) in [4.78, 5) is 11.9. The van der Waals surface area contributed by atoms with E-state index in [0.29, 0.717) is 0 Å². The number of carbonyl (C=O) groups excluding carboxylic acids is 1. The highest BCUT2D eigenvalue weighted by molar-refractivity contribution is 6.48. The minimum absolute atomic E-state index is 0.235. The van der Waals surface area contributed by atoms with Gasteiger partial charge in [0.15, 0.2) is 5.69 Å². The van der Waals surface area contributed by atoms with Crippen molar-refractivity contribution in [1.29, 1.82) is 0 Å². The largest absolute Gasteiger partial charge is 0.469 e. The van der Waals surface area contributed by atoms with E-state index in [1.54, 1.807) is 27.7 Å². The van der Waals surface area contributed by atoms with Gasteiger partial charge in [-0.05, 0) is 27.7 Å². The molecule has 1 aromatic heterocycles. The molecule has 0 N–H and O–H groups in total. The maximum absolute atomic E-state index is 13.5. The Kier molecular flexibility index (Phi) is 5.44. The van der Waals surface area contributed by atoms with E-state index in [1.807, 2.05) is 0 Å². The van der Waals surface area contributed by atoms with Gasteiger partial charge < -0.3 is 14.0 Å². The molecule has 1 aliphatic heterocycles. The lowest BCUT2D eigenvalue weighted by molar-refractivity contribution is -0.144. The highest BCUT2D eigenvalue weighted by atomic mass is 35.5. The van der Waals surface area contributed by atoms with Crippen LogP contribution < -0.4 is 0 Å². The fraction of sp³-hybridized carbons (Fsp3) is 0.733. The van der Waals surface area contributed by atoms with Crippen molar-refractivity contribution in [2.24, 2.45) is 7.05 Å². The minimum Gasteiger partial charge on any atom is -0.469 e. The monoisotopic (exact) mass is 396 g/mol. The molecule has 1 atom stereocenters. The van der Waals surface area contributed by atoms with Gasteiger partial charge in [-0.2, -0.15) is 18.3 Å². The molecule has 2 heterocycles. The van der Waals surface area contributed by atoms with Gasteiger partial charge in [-0.1, -0.05) is 11.6 Å². The van der Waals surface area contributed by atoms with E-state index in [1.165, 1.54) is 7.05 Å². The standard InChI is InChI=1S/C15H21BClF3N2O4/c1-13(2)14(3,4)26-16(25-13)8(7-9(23)24-6)10-11(15(18,19)20)21-22(5)12(10)17/h8H,7H2,1-6H3. The number of methoxy groups -OCH3 is 1. The van der Waals surface area contributed by atoms with Gasteiger partial charge in [-0.3, -0.25) is 9.48 Å². The van der Waals surface area contributed by atoms with Crippen LogP contribution in [0, 0.1) is 0 Å². The van der Waals surface area contributed by atoms with Crippen molar-refractivity contribution < 1.29 is 32.0 Å². The fourth-order valence-electron chi connectivity index (χ4n) is 2.71. The number of aryl methyl sites for hydroxylation is 1. The van der Waals surface area contributed by atoms with Crippen molar-refractivity contribution in [3.05, 3.63) is 16.4 Å². The van der Waals surface area contributed by atoms with E-state index in [-0.39, 0.29) is 10.7 Å². The second-order valence-electron chi connectivity index (χ2n) is 7.19. The van der Waals surface area contributed by atoms with Gasteiger partial charge in [0, 0.05) is 18.4 Å². The molecular weight excluding hydrogens is 375 g/mol. The third kappa shape index (κ3) is 3.72. The molecule has 0 aromatic carbocycles. The highest BCUT2D eigenvalue weighted by Crippen LogP contribution is 2.46. The van der Waals surface area contributed by atoms with Crippen molar-refractivity contribution >= 4 is 24.7 Å². The first kappa shape index (κ1) is 21.0. The Hall–Kier alpha value is -1.26. The summed E-state index contributed by atoms with van der Waals surface area (Å²) in [7, 11) is 1.32. The predicted octanol–water partition coefficient (Wildman–Crippen LogP) is 3.37. The first-order valence-electron chi connectivity index (χ1n) is 7.93. The van der Waals surface area contributed by atoms with E-state index in [0.717, 1.165) is 11.8 Å². The van der Waals surface area contributed by atoms with Crippen molar-refractivity contribution in [1.82, 2.24) is 9.78 Å². The van der Waals surface area contributed by atoms with Crippen LogP contribution in [0.4, 0.5) is 13.2 Å². The average Bonchev–Trinajstić information content (AvgIpc) is 2.90. The SMILES string of the molecule is COC(=O)CC(B1OC(C)(C)C(C)(C)O1)c1c(C(F)(F)F)nn(C)c1Cl. The Balaban J connectivity index is 2.56. The van der Waals surface area contributed by atoms with Crippen molar-refractivity contribution in [3.8, 4) is 0 Å². The molecule has 11 heteroatoms. The van der Waals surface area contributed by atoms with Crippen LogP contribution in [0.3, 0.4) is 0 Å². The van der Waals surface area contributed by atoms with Crippen LogP contribution in [0.1, 0.15) is 51.2 Å². The summed E-state index contributed by atoms with van der Waals surface area (Å²) in [6.45, 7) is 7.05. The molecule has 1 aliphatic rings. The summed E-state index contributed by atoms with van der Waals surface area (Å²) in [6.07, 6.45) is -5.15. The number of ether oxygens (including phenoxy) is 1. The van der Waals surface area contributed by atoms with Crippen LogP contribution in [-0.2, 0) is 32.1 Å². The van der Waals surface area contributed by atoms with Crippen LogP contribution in [0.25, 0.3) is 0 Å². The molecule has 0 radical (unpaired) electrons. The van der Waals surface area contributed by atoms with Crippen molar-refractivity contribution in [3.63, 3.8) is 0 Å². The topological polar surface area (TPSA) is 62.6 Å². The summed E-state index contributed by atoms with van der Waals surface area (Å²) in [6, 6.07) is 0. The normalized spacial score (nSPS) is 20.3. The number of alkyl halides is 3. The maximum atomic E-state index is 13.5. The second kappa shape index (κ2) is 6.72. The van der Waals surface area contributed by atoms with E-state index in [9.17, 15) is 18.0 Å². The fourth-order valence-corrected chi connectivity index (χ4v) is 2.98. The zero-order valence-electron chi connectivity index (χ0n) is 15.4. The zero-order valence-corrected chi connectivity index (χ0v) is 16.2. The smallest absolute Gasteiger partial charge is 0.466 e. The Morgan fingerprint density at radius 3 is 2.23 bits per heavy atom. The Bertz CT molecular complexity index is 690. The minimum atomic E-state index is -4.75. The van der Waals surface area contributed by atoms with Gasteiger partial charge in [-0.25, -0.2) is 0 Å². The molecule has 1 unspecified atom stereocenters. The molecule has 1 fully saturated rings. The molecule has 1 saturated heterocycles. The number of rotatable bonds is 4. The van der Waals surface area contributed by atoms with Gasteiger partial charge in [-0.15, -0.1) is 0 Å². The highest BCUT2D eigenvalue weighted by Gasteiger charge is 2.56. The summed E-state index contributed by atoms with van der Waals surface area (Å²) in [5, 5.41) is 3.24. The molecule has 0 aliphatic carbocycles. The van der Waals surface area contributed by atoms with Gasteiger partial charge in [0.25, 0.3) is 0 Å². The number of hydrogen-bond acceptors (Lipinski definition) is 5. The summed E-state index contributed by atoms with van der Waals surface area (Å²) in [5.41, 5.74) is -3.10. The van der Waals surface area contributed by atoms with Gasteiger partial charge in [0.1, 0.15) is 5.15 Å².